The average molecular weight is 345 g/mol. The Labute approximate surface area is 136 Å². The van der Waals surface area contributed by atoms with Gasteiger partial charge in [0.05, 0.1) is 11.5 Å². The molecular formula is C15H21ClN2O3S. The van der Waals surface area contributed by atoms with E-state index in [0.717, 1.165) is 12.8 Å². The van der Waals surface area contributed by atoms with Crippen molar-refractivity contribution in [3.8, 4) is 0 Å². The van der Waals surface area contributed by atoms with Gasteiger partial charge >= 0.3 is 6.03 Å². The summed E-state index contributed by atoms with van der Waals surface area (Å²) in [6.45, 7) is 2.61. The van der Waals surface area contributed by atoms with Crippen LogP contribution in [0.2, 0.25) is 5.02 Å². The predicted octanol–water partition coefficient (Wildman–Crippen LogP) is 3.16. The van der Waals surface area contributed by atoms with Gasteiger partial charge in [0.1, 0.15) is 0 Å². The Morgan fingerprint density at radius 2 is 2.05 bits per heavy atom. The zero-order valence-electron chi connectivity index (χ0n) is 12.6. The van der Waals surface area contributed by atoms with Gasteiger partial charge in [-0.25, -0.2) is 13.2 Å². The first kappa shape index (κ1) is 17.1. The van der Waals surface area contributed by atoms with Crippen molar-refractivity contribution >= 4 is 33.2 Å². The molecule has 1 fully saturated rings. The molecule has 1 N–H and O–H groups in total. The van der Waals surface area contributed by atoms with Crippen LogP contribution in [0.5, 0.6) is 0 Å². The number of urea groups is 1. The van der Waals surface area contributed by atoms with E-state index in [2.05, 4.69) is 5.32 Å². The van der Waals surface area contributed by atoms with E-state index in [1.165, 1.54) is 0 Å². The van der Waals surface area contributed by atoms with Crippen LogP contribution in [0.4, 0.5) is 10.5 Å². The van der Waals surface area contributed by atoms with Crippen molar-refractivity contribution in [3.05, 3.63) is 29.3 Å². The van der Waals surface area contributed by atoms with Gasteiger partial charge in [0.15, 0.2) is 9.84 Å². The number of amides is 2. The Morgan fingerprint density at radius 3 is 2.59 bits per heavy atom. The largest absolute Gasteiger partial charge is 0.322 e. The maximum absolute atomic E-state index is 12.5. The van der Waals surface area contributed by atoms with Crippen LogP contribution in [-0.2, 0) is 9.84 Å². The number of rotatable bonds is 5. The van der Waals surface area contributed by atoms with E-state index in [9.17, 15) is 13.2 Å². The maximum Gasteiger partial charge on any atom is 0.322 e. The maximum atomic E-state index is 12.5. The summed E-state index contributed by atoms with van der Waals surface area (Å²) in [4.78, 5) is 14.1. The van der Waals surface area contributed by atoms with E-state index >= 15 is 0 Å². The summed E-state index contributed by atoms with van der Waals surface area (Å²) in [7, 11) is -3.02. The predicted molar refractivity (Wildman–Crippen MR) is 89.1 cm³/mol. The number of unbranched alkanes of at least 4 members (excludes halogenated alkanes) is 1. The van der Waals surface area contributed by atoms with Gasteiger partial charge in [-0.2, -0.15) is 0 Å². The quantitative estimate of drug-likeness (QED) is 0.892. The molecule has 2 amide bonds. The molecular weight excluding hydrogens is 324 g/mol. The van der Waals surface area contributed by atoms with Gasteiger partial charge in [0.25, 0.3) is 0 Å². The molecule has 7 heteroatoms. The molecule has 1 aliphatic heterocycles. The van der Waals surface area contributed by atoms with E-state index in [1.54, 1.807) is 29.2 Å². The second-order valence-electron chi connectivity index (χ2n) is 5.54. The standard InChI is InChI=1S/C15H21ClN2O3S/c1-2-3-9-18(14-8-10-22(20,21)11-14)15(19)17-13-6-4-12(16)5-7-13/h4-7,14H,2-3,8-11H2,1H3,(H,17,19). The number of benzene rings is 1. The van der Waals surface area contributed by atoms with Crippen molar-refractivity contribution in [2.24, 2.45) is 0 Å². The van der Waals surface area contributed by atoms with Gasteiger partial charge < -0.3 is 10.2 Å². The Hall–Kier alpha value is -1.27. The van der Waals surface area contributed by atoms with Crippen LogP contribution in [0.3, 0.4) is 0 Å². The summed E-state index contributed by atoms with van der Waals surface area (Å²) in [5.41, 5.74) is 0.650. The van der Waals surface area contributed by atoms with Crippen LogP contribution in [0.25, 0.3) is 0 Å². The molecule has 1 aliphatic rings. The van der Waals surface area contributed by atoms with Gasteiger partial charge in [-0.1, -0.05) is 24.9 Å². The molecule has 1 saturated heterocycles. The van der Waals surface area contributed by atoms with Crippen LogP contribution >= 0.6 is 11.6 Å². The Bertz CT molecular complexity index is 616. The van der Waals surface area contributed by atoms with Crippen LogP contribution in [0.15, 0.2) is 24.3 Å². The first-order valence-corrected chi connectivity index (χ1v) is 9.65. The summed E-state index contributed by atoms with van der Waals surface area (Å²) >= 11 is 5.82. The highest BCUT2D eigenvalue weighted by atomic mass is 35.5. The monoisotopic (exact) mass is 344 g/mol. The molecule has 0 radical (unpaired) electrons. The molecule has 1 unspecified atom stereocenters. The number of nitrogens with one attached hydrogen (secondary N) is 1. The number of carbonyl (C=O) groups is 1. The highest BCUT2D eigenvalue weighted by Gasteiger charge is 2.34. The minimum Gasteiger partial charge on any atom is -0.320 e. The molecule has 122 valence electrons. The van der Waals surface area contributed by atoms with Crippen LogP contribution in [0.1, 0.15) is 26.2 Å². The first-order chi connectivity index (χ1) is 10.4. The van der Waals surface area contributed by atoms with Crippen molar-refractivity contribution < 1.29 is 13.2 Å². The molecule has 0 aliphatic carbocycles. The number of carbonyl (C=O) groups excluding carboxylic acids is 1. The van der Waals surface area contributed by atoms with Crippen molar-refractivity contribution in [1.82, 2.24) is 4.90 Å². The summed E-state index contributed by atoms with van der Waals surface area (Å²) in [6.07, 6.45) is 2.31. The first-order valence-electron chi connectivity index (χ1n) is 7.45. The van der Waals surface area contributed by atoms with Crippen molar-refractivity contribution in [3.63, 3.8) is 0 Å². The molecule has 1 aromatic carbocycles. The smallest absolute Gasteiger partial charge is 0.320 e. The van der Waals surface area contributed by atoms with Crippen LogP contribution in [-0.4, -0.2) is 43.4 Å². The number of halogens is 1. The highest BCUT2D eigenvalue weighted by molar-refractivity contribution is 7.91. The minimum atomic E-state index is -3.02. The normalized spacial score (nSPS) is 19.8. The van der Waals surface area contributed by atoms with Gasteiger partial charge in [0, 0.05) is 23.3 Å². The molecule has 0 saturated carbocycles. The number of anilines is 1. The van der Waals surface area contributed by atoms with Gasteiger partial charge in [0.2, 0.25) is 0 Å². The summed E-state index contributed by atoms with van der Waals surface area (Å²) in [5, 5.41) is 3.42. The third kappa shape index (κ3) is 4.61. The molecule has 2 rings (SSSR count). The second-order valence-corrected chi connectivity index (χ2v) is 8.21. The van der Waals surface area contributed by atoms with Gasteiger partial charge in [-0.3, -0.25) is 0 Å². The highest BCUT2D eigenvalue weighted by Crippen LogP contribution is 2.20. The molecule has 1 atom stereocenters. The van der Waals surface area contributed by atoms with Crippen molar-refractivity contribution in [2.45, 2.75) is 32.2 Å². The topological polar surface area (TPSA) is 66.5 Å². The van der Waals surface area contributed by atoms with E-state index < -0.39 is 9.84 Å². The second kappa shape index (κ2) is 7.33. The van der Waals surface area contributed by atoms with Gasteiger partial charge in [-0.15, -0.1) is 0 Å². The van der Waals surface area contributed by atoms with Crippen molar-refractivity contribution in [2.75, 3.05) is 23.4 Å². The molecule has 0 aromatic heterocycles. The zero-order chi connectivity index (χ0) is 16.2. The molecule has 22 heavy (non-hydrogen) atoms. The van der Waals surface area contributed by atoms with E-state index in [-0.39, 0.29) is 23.6 Å². The van der Waals surface area contributed by atoms with E-state index in [4.69, 9.17) is 11.6 Å². The fourth-order valence-corrected chi connectivity index (χ4v) is 4.38. The lowest BCUT2D eigenvalue weighted by Crippen LogP contribution is -2.44. The summed E-state index contributed by atoms with van der Waals surface area (Å²) in [5.74, 6) is 0.221. The number of hydrogen-bond donors (Lipinski definition) is 1. The lowest BCUT2D eigenvalue weighted by molar-refractivity contribution is 0.192. The minimum absolute atomic E-state index is 0.0603. The Morgan fingerprint density at radius 1 is 1.36 bits per heavy atom. The van der Waals surface area contributed by atoms with E-state index in [1.807, 2.05) is 6.92 Å². The van der Waals surface area contributed by atoms with Gasteiger partial charge in [-0.05, 0) is 37.1 Å². The average Bonchev–Trinajstić information content (AvgIpc) is 2.82. The zero-order valence-corrected chi connectivity index (χ0v) is 14.2. The molecule has 1 aromatic rings. The Kier molecular flexibility index (Phi) is 5.69. The lowest BCUT2D eigenvalue weighted by atomic mass is 10.2. The molecule has 5 nitrogen and oxygen atoms in total. The van der Waals surface area contributed by atoms with E-state index in [0.29, 0.717) is 23.7 Å². The fraction of sp³-hybridized carbons (Fsp3) is 0.533. The fourth-order valence-electron chi connectivity index (χ4n) is 2.53. The summed E-state index contributed by atoms with van der Waals surface area (Å²) < 4.78 is 23.3. The number of sulfone groups is 1. The number of nitrogens with zero attached hydrogens (tertiary/aromatic N) is 1. The van der Waals surface area contributed by atoms with Crippen LogP contribution < -0.4 is 5.32 Å². The lowest BCUT2D eigenvalue weighted by Gasteiger charge is -2.28. The molecule has 0 spiro atoms. The van der Waals surface area contributed by atoms with Crippen molar-refractivity contribution in [1.29, 1.82) is 0 Å². The number of hydrogen-bond acceptors (Lipinski definition) is 3. The summed E-state index contributed by atoms with van der Waals surface area (Å²) in [6, 6.07) is 6.37. The SMILES string of the molecule is CCCCN(C(=O)Nc1ccc(Cl)cc1)C1CCS(=O)(=O)C1. The third-order valence-electron chi connectivity index (χ3n) is 3.76. The Balaban J connectivity index is 2.07. The molecule has 1 heterocycles. The molecule has 0 bridgehead atoms. The van der Waals surface area contributed by atoms with Crippen LogP contribution in [0, 0.1) is 0 Å². The third-order valence-corrected chi connectivity index (χ3v) is 5.76.